The zero-order chi connectivity index (χ0) is 13.0. The van der Waals surface area contributed by atoms with Crippen molar-refractivity contribution in [2.24, 2.45) is 5.73 Å². The minimum atomic E-state index is -0.736. The number of anilines is 1. The Hall–Kier alpha value is -2.16. The fourth-order valence-electron chi connectivity index (χ4n) is 1.50. The molecule has 0 aliphatic rings. The summed E-state index contributed by atoms with van der Waals surface area (Å²) in [4.78, 5) is 11.9. The molecule has 1 aromatic carbocycles. The van der Waals surface area contributed by atoms with E-state index >= 15 is 0 Å². The molecule has 18 heavy (non-hydrogen) atoms. The lowest BCUT2D eigenvalue weighted by molar-refractivity contribution is -0.117. The molecule has 4 nitrogen and oxygen atoms in total. The molecule has 0 saturated carbocycles. The van der Waals surface area contributed by atoms with Crippen molar-refractivity contribution in [1.82, 2.24) is 0 Å². The van der Waals surface area contributed by atoms with Crippen molar-refractivity contribution in [3.63, 3.8) is 0 Å². The van der Waals surface area contributed by atoms with Crippen LogP contribution in [-0.2, 0) is 4.79 Å². The predicted octanol–water partition coefficient (Wildman–Crippen LogP) is 2.26. The molecule has 2 rings (SSSR count). The van der Waals surface area contributed by atoms with Gasteiger partial charge in [0.05, 0.1) is 5.56 Å². The highest BCUT2D eigenvalue weighted by Crippen LogP contribution is 2.23. The molecule has 0 spiro atoms. The van der Waals surface area contributed by atoms with Gasteiger partial charge >= 0.3 is 0 Å². The third kappa shape index (κ3) is 2.56. The van der Waals surface area contributed by atoms with E-state index in [0.717, 1.165) is 5.56 Å². The minimum absolute atomic E-state index is 0.319. The Balaban J connectivity index is 2.12. The summed E-state index contributed by atoms with van der Waals surface area (Å²) in [5.41, 5.74) is 7.05. The maximum atomic E-state index is 11.9. The summed E-state index contributed by atoms with van der Waals surface area (Å²) >= 11 is 1.31. The molecule has 1 unspecified atom stereocenters. The molecule has 1 aromatic heterocycles. The van der Waals surface area contributed by atoms with Crippen LogP contribution in [0.1, 0.15) is 17.2 Å². The minimum Gasteiger partial charge on any atom is -0.316 e. The van der Waals surface area contributed by atoms with E-state index in [1.807, 2.05) is 24.3 Å². The zero-order valence-corrected chi connectivity index (χ0v) is 10.3. The van der Waals surface area contributed by atoms with Gasteiger partial charge in [0, 0.05) is 0 Å². The molecule has 0 bridgehead atoms. The summed E-state index contributed by atoms with van der Waals surface area (Å²) in [6, 6.07) is 12.0. The standard InChI is InChI=1S/C13H11N3OS/c14-8-10-6-7-18-13(10)16-12(17)11(15)9-4-2-1-3-5-9/h1-7,11H,15H2,(H,16,17). The van der Waals surface area contributed by atoms with E-state index in [9.17, 15) is 4.79 Å². The Morgan fingerprint density at radius 1 is 1.33 bits per heavy atom. The normalized spacial score (nSPS) is 11.6. The second-order valence-corrected chi connectivity index (χ2v) is 4.57. The number of hydrogen-bond acceptors (Lipinski definition) is 4. The topological polar surface area (TPSA) is 78.9 Å². The third-order valence-electron chi connectivity index (χ3n) is 2.46. The highest BCUT2D eigenvalue weighted by Gasteiger charge is 2.17. The molecule has 1 atom stereocenters. The number of nitriles is 1. The van der Waals surface area contributed by atoms with Crippen molar-refractivity contribution in [2.45, 2.75) is 6.04 Å². The van der Waals surface area contributed by atoms with Crippen molar-refractivity contribution >= 4 is 22.2 Å². The molecule has 1 heterocycles. The van der Waals surface area contributed by atoms with Crippen LogP contribution in [-0.4, -0.2) is 5.91 Å². The molecule has 90 valence electrons. The lowest BCUT2D eigenvalue weighted by Crippen LogP contribution is -2.27. The lowest BCUT2D eigenvalue weighted by Gasteiger charge is -2.11. The monoisotopic (exact) mass is 257 g/mol. The van der Waals surface area contributed by atoms with Crippen LogP contribution in [0.5, 0.6) is 0 Å². The molecule has 1 amide bonds. The van der Waals surface area contributed by atoms with Crippen LogP contribution in [0.15, 0.2) is 41.8 Å². The Labute approximate surface area is 109 Å². The lowest BCUT2D eigenvalue weighted by atomic mass is 10.1. The Morgan fingerprint density at radius 3 is 2.72 bits per heavy atom. The van der Waals surface area contributed by atoms with Crippen LogP contribution >= 0.6 is 11.3 Å². The first-order valence-corrected chi connectivity index (χ1v) is 6.19. The number of nitrogens with one attached hydrogen (secondary N) is 1. The molecule has 3 N–H and O–H groups in total. The summed E-state index contributed by atoms with van der Waals surface area (Å²) in [7, 11) is 0. The second kappa shape index (κ2) is 5.45. The van der Waals surface area contributed by atoms with Gasteiger partial charge in [0.2, 0.25) is 5.91 Å². The summed E-state index contributed by atoms with van der Waals surface area (Å²) in [6.45, 7) is 0. The third-order valence-corrected chi connectivity index (χ3v) is 3.29. The number of carbonyl (C=O) groups excluding carboxylic acids is 1. The summed E-state index contributed by atoms with van der Waals surface area (Å²) in [5, 5.41) is 13.8. The SMILES string of the molecule is N#Cc1ccsc1NC(=O)C(N)c1ccccc1. The number of benzene rings is 1. The molecule has 0 radical (unpaired) electrons. The van der Waals surface area contributed by atoms with E-state index in [-0.39, 0.29) is 5.91 Å². The number of carbonyl (C=O) groups is 1. The molecule has 0 saturated heterocycles. The quantitative estimate of drug-likeness (QED) is 0.885. The van der Waals surface area contributed by atoms with Gasteiger partial charge in [-0.15, -0.1) is 11.3 Å². The summed E-state index contributed by atoms with van der Waals surface area (Å²) < 4.78 is 0. The average Bonchev–Trinajstić information content (AvgIpc) is 2.86. The number of rotatable bonds is 3. The first kappa shape index (κ1) is 12.3. The van der Waals surface area contributed by atoms with Gasteiger partial charge in [-0.2, -0.15) is 5.26 Å². The van der Waals surface area contributed by atoms with Crippen LogP contribution in [0.3, 0.4) is 0 Å². The Morgan fingerprint density at radius 2 is 2.06 bits per heavy atom. The maximum absolute atomic E-state index is 11.9. The van der Waals surface area contributed by atoms with Crippen molar-refractivity contribution < 1.29 is 4.79 Å². The van der Waals surface area contributed by atoms with Crippen LogP contribution in [0.2, 0.25) is 0 Å². The van der Waals surface area contributed by atoms with E-state index < -0.39 is 6.04 Å². The van der Waals surface area contributed by atoms with Gasteiger partial charge in [-0.3, -0.25) is 4.79 Å². The van der Waals surface area contributed by atoms with Gasteiger partial charge in [0.1, 0.15) is 17.1 Å². The van der Waals surface area contributed by atoms with Gasteiger partial charge in [0.25, 0.3) is 0 Å². The van der Waals surface area contributed by atoms with Crippen molar-refractivity contribution in [3.8, 4) is 6.07 Å². The molecule has 0 aliphatic carbocycles. The summed E-state index contributed by atoms with van der Waals surface area (Å²) in [6.07, 6.45) is 0. The fraction of sp³-hybridized carbons (Fsp3) is 0.0769. The van der Waals surface area contributed by atoms with Gasteiger partial charge in [-0.1, -0.05) is 30.3 Å². The van der Waals surface area contributed by atoms with Crippen LogP contribution in [0, 0.1) is 11.3 Å². The van der Waals surface area contributed by atoms with Crippen molar-refractivity contribution in [3.05, 3.63) is 52.9 Å². The highest BCUT2D eigenvalue weighted by molar-refractivity contribution is 7.14. The summed E-state index contributed by atoms with van der Waals surface area (Å²) in [5.74, 6) is -0.319. The first-order valence-electron chi connectivity index (χ1n) is 5.31. The average molecular weight is 257 g/mol. The molecule has 0 aliphatic heterocycles. The Kier molecular flexibility index (Phi) is 3.72. The van der Waals surface area contributed by atoms with Crippen LogP contribution in [0.4, 0.5) is 5.00 Å². The zero-order valence-electron chi connectivity index (χ0n) is 9.46. The smallest absolute Gasteiger partial charge is 0.246 e. The van der Waals surface area contributed by atoms with Gasteiger partial charge in [0.15, 0.2) is 0 Å². The molecule has 5 heteroatoms. The number of nitrogens with two attached hydrogens (primary N) is 1. The van der Waals surface area contributed by atoms with E-state index in [0.29, 0.717) is 10.6 Å². The maximum Gasteiger partial charge on any atom is 0.246 e. The van der Waals surface area contributed by atoms with Gasteiger partial charge in [-0.25, -0.2) is 0 Å². The van der Waals surface area contributed by atoms with Crippen LogP contribution < -0.4 is 11.1 Å². The van der Waals surface area contributed by atoms with Gasteiger partial charge in [-0.05, 0) is 17.0 Å². The molecular formula is C13H11N3OS. The number of amides is 1. The second-order valence-electron chi connectivity index (χ2n) is 3.65. The number of thiophene rings is 1. The van der Waals surface area contributed by atoms with Crippen LogP contribution in [0.25, 0.3) is 0 Å². The molecular weight excluding hydrogens is 246 g/mol. The first-order chi connectivity index (χ1) is 8.72. The van der Waals surface area contributed by atoms with Gasteiger partial charge < -0.3 is 11.1 Å². The fourth-order valence-corrected chi connectivity index (χ4v) is 2.24. The number of nitrogens with zero attached hydrogens (tertiary/aromatic N) is 1. The molecule has 0 fully saturated rings. The van der Waals surface area contributed by atoms with E-state index in [4.69, 9.17) is 11.0 Å². The predicted molar refractivity (Wildman–Crippen MR) is 71.0 cm³/mol. The van der Waals surface area contributed by atoms with E-state index in [1.165, 1.54) is 11.3 Å². The largest absolute Gasteiger partial charge is 0.316 e. The molecule has 2 aromatic rings. The van der Waals surface area contributed by atoms with Crippen molar-refractivity contribution in [1.29, 1.82) is 5.26 Å². The van der Waals surface area contributed by atoms with Crippen molar-refractivity contribution in [2.75, 3.05) is 5.32 Å². The highest BCUT2D eigenvalue weighted by atomic mass is 32.1. The van der Waals surface area contributed by atoms with E-state index in [2.05, 4.69) is 5.32 Å². The van der Waals surface area contributed by atoms with E-state index in [1.54, 1.807) is 23.6 Å². The number of hydrogen-bond donors (Lipinski definition) is 2. The Bertz CT molecular complexity index is 586.